The lowest BCUT2D eigenvalue weighted by molar-refractivity contribution is -0.125. The van der Waals surface area contributed by atoms with Crippen LogP contribution in [0.25, 0.3) is 0 Å². The molecule has 3 unspecified atom stereocenters. The Morgan fingerprint density at radius 2 is 1.74 bits per heavy atom. The van der Waals surface area contributed by atoms with Crippen LogP contribution in [0.4, 0.5) is 10.5 Å². The zero-order valence-electron chi connectivity index (χ0n) is 13.9. The highest BCUT2D eigenvalue weighted by Crippen LogP contribution is 2.20. The number of hydrogen-bond donors (Lipinski definition) is 4. The van der Waals surface area contributed by atoms with E-state index >= 15 is 0 Å². The highest BCUT2D eigenvalue weighted by molar-refractivity contribution is 5.89. The van der Waals surface area contributed by atoms with Crippen LogP contribution in [0.15, 0.2) is 24.3 Å². The molecule has 6 heteroatoms. The molecular weight excluding hydrogens is 292 g/mol. The van der Waals surface area contributed by atoms with E-state index in [-0.39, 0.29) is 29.9 Å². The fourth-order valence-electron chi connectivity index (χ4n) is 2.10. The van der Waals surface area contributed by atoms with Gasteiger partial charge in [0, 0.05) is 23.7 Å². The summed E-state index contributed by atoms with van der Waals surface area (Å²) in [4.78, 5) is 23.7. The van der Waals surface area contributed by atoms with Gasteiger partial charge in [0.2, 0.25) is 5.91 Å². The van der Waals surface area contributed by atoms with Crippen LogP contribution in [0.1, 0.15) is 45.2 Å². The minimum atomic E-state index is -0.232. The highest BCUT2D eigenvalue weighted by atomic mass is 16.2. The second kappa shape index (κ2) is 7.46. The molecule has 0 aromatic heterocycles. The first kappa shape index (κ1) is 17.3. The van der Waals surface area contributed by atoms with Crippen LogP contribution >= 0.6 is 0 Å². The molecule has 0 aliphatic heterocycles. The van der Waals surface area contributed by atoms with Crippen LogP contribution < -0.4 is 21.7 Å². The van der Waals surface area contributed by atoms with Gasteiger partial charge in [-0.15, -0.1) is 0 Å². The molecule has 126 valence electrons. The van der Waals surface area contributed by atoms with E-state index in [9.17, 15) is 9.59 Å². The summed E-state index contributed by atoms with van der Waals surface area (Å²) in [5.74, 6) is -0.289. The lowest BCUT2D eigenvalue weighted by atomic mass is 10.0. The second-order valence-corrected chi connectivity index (χ2v) is 6.37. The van der Waals surface area contributed by atoms with Gasteiger partial charge in [-0.3, -0.25) is 4.79 Å². The SMILES string of the molecule is CC(NC(=O)C(C)C(C)N)c1ccc(NC(=O)NC2CC2)cc1. The fraction of sp³-hybridized carbons (Fsp3) is 0.529. The minimum Gasteiger partial charge on any atom is -0.349 e. The van der Waals surface area contributed by atoms with E-state index < -0.39 is 0 Å². The van der Waals surface area contributed by atoms with Crippen molar-refractivity contribution in [2.24, 2.45) is 11.7 Å². The zero-order valence-corrected chi connectivity index (χ0v) is 13.9. The first-order chi connectivity index (χ1) is 10.9. The summed E-state index contributed by atoms with van der Waals surface area (Å²) in [5, 5.41) is 8.62. The number of carbonyl (C=O) groups excluding carboxylic acids is 2. The standard InChI is InChI=1S/C17H26N4O2/c1-10(11(2)18)16(22)19-12(3)13-4-6-14(7-5-13)20-17(23)21-15-8-9-15/h4-7,10-12,15H,8-9,18H2,1-3H3,(H,19,22)(H2,20,21,23). The second-order valence-electron chi connectivity index (χ2n) is 6.37. The van der Waals surface area contributed by atoms with E-state index in [1.165, 1.54) is 0 Å². The number of carbonyl (C=O) groups is 2. The predicted molar refractivity (Wildman–Crippen MR) is 91.0 cm³/mol. The molecule has 3 atom stereocenters. The van der Waals surface area contributed by atoms with Crippen molar-refractivity contribution < 1.29 is 9.59 Å². The van der Waals surface area contributed by atoms with Crippen molar-refractivity contribution in [3.63, 3.8) is 0 Å². The average Bonchev–Trinajstić information content (AvgIpc) is 3.30. The summed E-state index contributed by atoms with van der Waals surface area (Å²) >= 11 is 0. The van der Waals surface area contributed by atoms with Crippen molar-refractivity contribution in [2.75, 3.05) is 5.32 Å². The average molecular weight is 318 g/mol. The van der Waals surface area contributed by atoms with Crippen molar-refractivity contribution >= 4 is 17.6 Å². The third-order valence-corrected chi connectivity index (χ3v) is 4.14. The van der Waals surface area contributed by atoms with Crippen molar-refractivity contribution in [3.8, 4) is 0 Å². The molecule has 0 radical (unpaired) electrons. The van der Waals surface area contributed by atoms with Gasteiger partial charge in [-0.1, -0.05) is 19.1 Å². The molecule has 1 aromatic rings. The largest absolute Gasteiger partial charge is 0.349 e. The third-order valence-electron chi connectivity index (χ3n) is 4.14. The third kappa shape index (κ3) is 5.25. The molecule has 0 heterocycles. The van der Waals surface area contributed by atoms with Gasteiger partial charge in [0.25, 0.3) is 0 Å². The molecule has 6 nitrogen and oxygen atoms in total. The van der Waals surface area contributed by atoms with Crippen LogP contribution in [0.2, 0.25) is 0 Å². The maximum Gasteiger partial charge on any atom is 0.319 e. The van der Waals surface area contributed by atoms with Crippen LogP contribution in [0, 0.1) is 5.92 Å². The number of amides is 3. The quantitative estimate of drug-likeness (QED) is 0.647. The number of rotatable bonds is 6. The first-order valence-corrected chi connectivity index (χ1v) is 8.10. The number of hydrogen-bond acceptors (Lipinski definition) is 3. The molecule has 1 fully saturated rings. The summed E-state index contributed by atoms with van der Waals surface area (Å²) in [6, 6.07) is 7.32. The van der Waals surface area contributed by atoms with Crippen molar-refractivity contribution in [2.45, 2.75) is 51.7 Å². The molecule has 1 aromatic carbocycles. The van der Waals surface area contributed by atoms with E-state index in [0.29, 0.717) is 6.04 Å². The van der Waals surface area contributed by atoms with Gasteiger partial charge >= 0.3 is 6.03 Å². The molecule has 1 aliphatic rings. The Morgan fingerprint density at radius 3 is 2.26 bits per heavy atom. The molecule has 0 bridgehead atoms. The zero-order chi connectivity index (χ0) is 17.0. The van der Waals surface area contributed by atoms with E-state index in [1.807, 2.05) is 45.0 Å². The van der Waals surface area contributed by atoms with E-state index in [1.54, 1.807) is 0 Å². The minimum absolute atomic E-state index is 0.0569. The monoisotopic (exact) mass is 318 g/mol. The number of nitrogens with two attached hydrogens (primary N) is 1. The van der Waals surface area contributed by atoms with Gasteiger partial charge in [-0.05, 0) is 44.4 Å². The van der Waals surface area contributed by atoms with Gasteiger partial charge in [0.1, 0.15) is 0 Å². The smallest absolute Gasteiger partial charge is 0.319 e. The molecular formula is C17H26N4O2. The molecule has 0 saturated heterocycles. The van der Waals surface area contributed by atoms with Gasteiger partial charge in [0.15, 0.2) is 0 Å². The summed E-state index contributed by atoms with van der Waals surface area (Å²) in [5.41, 5.74) is 7.46. The Bertz CT molecular complexity index is 552. The lowest BCUT2D eigenvalue weighted by Crippen LogP contribution is -2.39. The maximum atomic E-state index is 12.0. The van der Waals surface area contributed by atoms with Crippen molar-refractivity contribution in [1.29, 1.82) is 0 Å². The molecule has 1 aliphatic carbocycles. The number of nitrogens with one attached hydrogen (secondary N) is 3. The van der Waals surface area contributed by atoms with Crippen LogP contribution in [-0.4, -0.2) is 24.0 Å². The molecule has 2 rings (SSSR count). The molecule has 3 amide bonds. The van der Waals surface area contributed by atoms with E-state index in [0.717, 1.165) is 24.1 Å². The highest BCUT2D eigenvalue weighted by Gasteiger charge is 2.23. The molecule has 0 spiro atoms. The molecule has 1 saturated carbocycles. The summed E-state index contributed by atoms with van der Waals surface area (Å²) in [6.07, 6.45) is 2.12. The topological polar surface area (TPSA) is 96.2 Å². The van der Waals surface area contributed by atoms with Gasteiger partial charge in [-0.2, -0.15) is 0 Å². The Balaban J connectivity index is 1.87. The Hall–Kier alpha value is -2.08. The normalized spacial score (nSPS) is 17.7. The summed E-state index contributed by atoms with van der Waals surface area (Å²) in [6.45, 7) is 5.56. The summed E-state index contributed by atoms with van der Waals surface area (Å²) < 4.78 is 0. The predicted octanol–water partition coefficient (Wildman–Crippen LogP) is 2.13. The fourth-order valence-corrected chi connectivity index (χ4v) is 2.10. The number of benzene rings is 1. The summed E-state index contributed by atoms with van der Waals surface area (Å²) in [7, 11) is 0. The Kier molecular flexibility index (Phi) is 5.60. The van der Waals surface area contributed by atoms with Gasteiger partial charge in [-0.25, -0.2) is 4.79 Å². The Labute approximate surface area is 137 Å². The first-order valence-electron chi connectivity index (χ1n) is 8.10. The van der Waals surface area contributed by atoms with Crippen LogP contribution in [0.3, 0.4) is 0 Å². The number of urea groups is 1. The maximum absolute atomic E-state index is 12.0. The van der Waals surface area contributed by atoms with Gasteiger partial charge < -0.3 is 21.7 Å². The van der Waals surface area contributed by atoms with E-state index in [4.69, 9.17) is 5.73 Å². The van der Waals surface area contributed by atoms with Crippen LogP contribution in [0.5, 0.6) is 0 Å². The van der Waals surface area contributed by atoms with E-state index in [2.05, 4.69) is 16.0 Å². The molecule has 23 heavy (non-hydrogen) atoms. The number of anilines is 1. The van der Waals surface area contributed by atoms with Crippen molar-refractivity contribution in [3.05, 3.63) is 29.8 Å². The lowest BCUT2D eigenvalue weighted by Gasteiger charge is -2.20. The van der Waals surface area contributed by atoms with Crippen molar-refractivity contribution in [1.82, 2.24) is 10.6 Å². The van der Waals surface area contributed by atoms with Gasteiger partial charge in [0.05, 0.1) is 6.04 Å². The Morgan fingerprint density at radius 1 is 1.13 bits per heavy atom. The molecule has 5 N–H and O–H groups in total. The van der Waals surface area contributed by atoms with Crippen LogP contribution in [-0.2, 0) is 4.79 Å².